The average Bonchev–Trinajstić information content (AvgIpc) is 3.21. The van der Waals surface area contributed by atoms with Gasteiger partial charge in [-0.3, -0.25) is 4.79 Å². The molecule has 0 bridgehead atoms. The molecule has 0 atom stereocenters. The van der Waals surface area contributed by atoms with Crippen molar-refractivity contribution >= 4 is 11.7 Å². The fourth-order valence-electron chi connectivity index (χ4n) is 3.16. The van der Waals surface area contributed by atoms with E-state index in [2.05, 4.69) is 20.6 Å². The van der Waals surface area contributed by atoms with Gasteiger partial charge in [0.05, 0.1) is 12.0 Å². The Labute approximate surface area is 156 Å². The van der Waals surface area contributed by atoms with Gasteiger partial charge in [0, 0.05) is 48.1 Å². The largest absolute Gasteiger partial charge is 0.369 e. The molecule has 8 heteroatoms. The number of hydrogen-bond acceptors (Lipinski definition) is 6. The molecule has 138 valence electrons. The number of H-pyrrole nitrogens is 1. The van der Waals surface area contributed by atoms with E-state index in [1.807, 2.05) is 18.3 Å². The highest BCUT2D eigenvalue weighted by Gasteiger charge is 2.18. The van der Waals surface area contributed by atoms with Crippen molar-refractivity contribution in [2.24, 2.45) is 5.73 Å². The smallest absolute Gasteiger partial charge is 0.248 e. The first-order valence-corrected chi connectivity index (χ1v) is 8.92. The molecule has 1 amide bonds. The molecule has 0 spiro atoms. The van der Waals surface area contributed by atoms with E-state index in [9.17, 15) is 4.79 Å². The Hall–Kier alpha value is -3.26. The van der Waals surface area contributed by atoms with Gasteiger partial charge in [-0.2, -0.15) is 0 Å². The Bertz CT molecular complexity index is 935. The van der Waals surface area contributed by atoms with Crippen LogP contribution in [-0.2, 0) is 19.4 Å². The number of rotatable bonds is 6. The van der Waals surface area contributed by atoms with E-state index < -0.39 is 5.91 Å². The van der Waals surface area contributed by atoms with Crippen molar-refractivity contribution in [1.82, 2.24) is 25.3 Å². The Balaban J connectivity index is 1.61. The maximum absolute atomic E-state index is 11.3. The molecule has 1 aliphatic heterocycles. The van der Waals surface area contributed by atoms with Gasteiger partial charge in [0.15, 0.2) is 5.82 Å². The molecule has 5 N–H and O–H groups in total. The molecule has 3 aromatic rings. The normalized spacial score (nSPS) is 13.2. The lowest BCUT2D eigenvalue weighted by molar-refractivity contribution is 0.100. The van der Waals surface area contributed by atoms with E-state index in [1.54, 1.807) is 18.5 Å². The number of benzene rings is 1. The van der Waals surface area contributed by atoms with Gasteiger partial charge in [0.1, 0.15) is 5.82 Å². The zero-order valence-corrected chi connectivity index (χ0v) is 14.8. The number of fused-ring (bicyclic) bond motifs is 1. The van der Waals surface area contributed by atoms with Crippen LogP contribution in [0.2, 0.25) is 0 Å². The summed E-state index contributed by atoms with van der Waals surface area (Å²) in [6, 6.07) is 7.05. The van der Waals surface area contributed by atoms with Crippen molar-refractivity contribution in [3.63, 3.8) is 0 Å². The molecular formula is C19H21N7O. The van der Waals surface area contributed by atoms with E-state index in [0.29, 0.717) is 11.4 Å². The summed E-state index contributed by atoms with van der Waals surface area (Å²) in [4.78, 5) is 27.9. The fourth-order valence-corrected chi connectivity index (χ4v) is 3.16. The van der Waals surface area contributed by atoms with Crippen molar-refractivity contribution in [3.8, 4) is 11.4 Å². The number of nitrogens with two attached hydrogens (primary N) is 1. The number of amides is 1. The molecule has 3 heterocycles. The Morgan fingerprint density at radius 3 is 2.81 bits per heavy atom. The lowest BCUT2D eigenvalue weighted by atomic mass is 10.1. The molecule has 0 unspecified atom stereocenters. The molecule has 0 radical (unpaired) electrons. The van der Waals surface area contributed by atoms with Gasteiger partial charge < -0.3 is 21.4 Å². The highest BCUT2D eigenvalue weighted by Crippen LogP contribution is 2.25. The average molecular weight is 363 g/mol. The lowest BCUT2D eigenvalue weighted by Crippen LogP contribution is -2.27. The third kappa shape index (κ3) is 3.80. The second-order valence-electron chi connectivity index (χ2n) is 6.44. The van der Waals surface area contributed by atoms with E-state index in [-0.39, 0.29) is 0 Å². The van der Waals surface area contributed by atoms with E-state index >= 15 is 0 Å². The number of aromatic amines is 1. The third-order valence-corrected chi connectivity index (χ3v) is 4.61. The summed E-state index contributed by atoms with van der Waals surface area (Å²) in [6.07, 6.45) is 5.23. The summed E-state index contributed by atoms with van der Waals surface area (Å²) in [6.45, 7) is 2.39. The van der Waals surface area contributed by atoms with Crippen molar-refractivity contribution in [3.05, 3.63) is 59.3 Å². The van der Waals surface area contributed by atoms with Gasteiger partial charge in [-0.1, -0.05) is 12.1 Å². The molecule has 4 rings (SSSR count). The predicted molar refractivity (Wildman–Crippen MR) is 102 cm³/mol. The summed E-state index contributed by atoms with van der Waals surface area (Å²) >= 11 is 0. The second kappa shape index (κ2) is 7.55. The minimum Gasteiger partial charge on any atom is -0.369 e. The van der Waals surface area contributed by atoms with Crippen LogP contribution >= 0.6 is 0 Å². The molecule has 0 saturated carbocycles. The minimum atomic E-state index is -0.446. The van der Waals surface area contributed by atoms with Gasteiger partial charge >= 0.3 is 0 Å². The van der Waals surface area contributed by atoms with Gasteiger partial charge in [-0.15, -0.1) is 0 Å². The summed E-state index contributed by atoms with van der Waals surface area (Å²) in [5.41, 5.74) is 9.89. The van der Waals surface area contributed by atoms with Crippen LogP contribution in [0.4, 0.5) is 5.82 Å². The quantitative estimate of drug-likeness (QED) is 0.523. The van der Waals surface area contributed by atoms with Crippen LogP contribution in [0.15, 0.2) is 36.8 Å². The third-order valence-electron chi connectivity index (χ3n) is 4.61. The van der Waals surface area contributed by atoms with Crippen LogP contribution in [0, 0.1) is 0 Å². The molecule has 1 aromatic carbocycles. The summed E-state index contributed by atoms with van der Waals surface area (Å²) in [5, 5.41) is 6.81. The number of nitrogens with one attached hydrogen (secondary N) is 3. The first-order valence-electron chi connectivity index (χ1n) is 8.92. The van der Waals surface area contributed by atoms with Crippen molar-refractivity contribution in [2.75, 3.05) is 18.4 Å². The van der Waals surface area contributed by atoms with Crippen LogP contribution < -0.4 is 16.4 Å². The zero-order chi connectivity index (χ0) is 18.6. The number of hydrogen-bond donors (Lipinski definition) is 4. The fraction of sp³-hybridized carbons (Fsp3) is 0.263. The summed E-state index contributed by atoms with van der Waals surface area (Å²) in [7, 11) is 0. The maximum Gasteiger partial charge on any atom is 0.248 e. The topological polar surface area (TPSA) is 122 Å². The van der Waals surface area contributed by atoms with Crippen molar-refractivity contribution < 1.29 is 4.79 Å². The number of anilines is 1. The van der Waals surface area contributed by atoms with Crippen LogP contribution in [0.3, 0.4) is 0 Å². The van der Waals surface area contributed by atoms with Crippen molar-refractivity contribution in [1.29, 1.82) is 0 Å². The second-order valence-corrected chi connectivity index (χ2v) is 6.44. The number of carbonyl (C=O) groups excluding carboxylic acids is 1. The van der Waals surface area contributed by atoms with Gasteiger partial charge in [0.2, 0.25) is 5.91 Å². The first kappa shape index (κ1) is 17.2. The monoisotopic (exact) mass is 363 g/mol. The SMILES string of the molecule is NC(=O)c1ccc(-c2nc3c(c(NCCc4cnc[nH]4)n2)CCNC3)cc1. The predicted octanol–water partition coefficient (Wildman–Crippen LogP) is 1.27. The van der Waals surface area contributed by atoms with E-state index in [1.165, 1.54) is 0 Å². The standard InChI is InChI=1S/C19H21N7O/c20-17(27)12-1-3-13(4-2-12)18-25-16-10-21-7-6-15(16)19(26-18)23-8-5-14-9-22-11-24-14/h1-4,9,11,21H,5-8,10H2,(H2,20,27)(H,22,24)(H,23,25,26). The number of carbonyl (C=O) groups is 1. The molecule has 1 aliphatic rings. The first-order chi connectivity index (χ1) is 13.2. The zero-order valence-electron chi connectivity index (χ0n) is 14.8. The van der Waals surface area contributed by atoms with Gasteiger partial charge in [-0.25, -0.2) is 15.0 Å². The minimum absolute atomic E-state index is 0.446. The summed E-state index contributed by atoms with van der Waals surface area (Å²) < 4.78 is 0. The molecular weight excluding hydrogens is 342 g/mol. The van der Waals surface area contributed by atoms with E-state index in [4.69, 9.17) is 15.7 Å². The lowest BCUT2D eigenvalue weighted by Gasteiger charge is -2.20. The maximum atomic E-state index is 11.3. The highest BCUT2D eigenvalue weighted by molar-refractivity contribution is 5.93. The van der Waals surface area contributed by atoms with E-state index in [0.717, 1.165) is 60.8 Å². The number of aromatic nitrogens is 4. The molecule has 2 aromatic heterocycles. The Morgan fingerprint density at radius 2 is 2.07 bits per heavy atom. The number of nitrogens with zero attached hydrogens (tertiary/aromatic N) is 3. The Kier molecular flexibility index (Phi) is 4.80. The van der Waals surface area contributed by atoms with Crippen LogP contribution in [0.1, 0.15) is 27.3 Å². The molecule has 0 fully saturated rings. The van der Waals surface area contributed by atoms with Gasteiger partial charge in [0.25, 0.3) is 0 Å². The Morgan fingerprint density at radius 1 is 1.22 bits per heavy atom. The molecule has 0 aliphatic carbocycles. The highest BCUT2D eigenvalue weighted by atomic mass is 16.1. The molecule has 8 nitrogen and oxygen atoms in total. The summed E-state index contributed by atoms with van der Waals surface area (Å²) in [5.74, 6) is 1.06. The van der Waals surface area contributed by atoms with Crippen LogP contribution in [0.25, 0.3) is 11.4 Å². The van der Waals surface area contributed by atoms with Gasteiger partial charge in [-0.05, 0) is 25.1 Å². The number of imidazole rings is 1. The van der Waals surface area contributed by atoms with Crippen LogP contribution in [0.5, 0.6) is 0 Å². The van der Waals surface area contributed by atoms with Crippen molar-refractivity contribution in [2.45, 2.75) is 19.4 Å². The van der Waals surface area contributed by atoms with Crippen LogP contribution in [-0.4, -0.2) is 38.9 Å². The number of primary amides is 1. The molecule has 27 heavy (non-hydrogen) atoms. The molecule has 0 saturated heterocycles.